The van der Waals surface area contributed by atoms with E-state index in [1.807, 2.05) is 0 Å². The topological polar surface area (TPSA) is 257 Å². The van der Waals surface area contributed by atoms with Crippen LogP contribution in [0.2, 0.25) is 0 Å². The Balaban J connectivity index is -0.000000125. The first-order chi connectivity index (χ1) is 12.1. The van der Waals surface area contributed by atoms with Gasteiger partial charge in [0.05, 0.1) is 52.5 Å². The third kappa shape index (κ3) is 43.3. The largest absolute Gasteiger partial charge is 0.481 e. The zero-order valence-corrected chi connectivity index (χ0v) is 14.1. The zero-order chi connectivity index (χ0) is 21.5. The number of carbonyl (C=O) groups is 2. The maximum absolute atomic E-state index is 9.64. The van der Waals surface area contributed by atoms with Gasteiger partial charge in [-0.25, -0.2) is 0 Å². The number of aliphatic hydroxyl groups excluding tert-OH is 9. The fourth-order valence-electron chi connectivity index (χ4n) is 0.387. The summed E-state index contributed by atoms with van der Waals surface area (Å²) >= 11 is 0. The summed E-state index contributed by atoms with van der Waals surface area (Å²) in [6, 6.07) is 0. The fourth-order valence-corrected chi connectivity index (χ4v) is 0.387. The van der Waals surface area contributed by atoms with Gasteiger partial charge in [-0.15, -0.1) is 0 Å². The van der Waals surface area contributed by atoms with Crippen molar-refractivity contribution < 1.29 is 65.8 Å². The van der Waals surface area contributed by atoms with Crippen LogP contribution in [0.5, 0.6) is 0 Å². The molecule has 0 aromatic rings. The van der Waals surface area contributed by atoms with E-state index < -0.39 is 30.3 Å². The van der Waals surface area contributed by atoms with Crippen LogP contribution in [0.1, 0.15) is 12.8 Å². The Morgan fingerprint density at radius 1 is 0.500 bits per heavy atom. The van der Waals surface area contributed by atoms with E-state index in [4.69, 9.17) is 56.2 Å². The van der Waals surface area contributed by atoms with Gasteiger partial charge in [0.15, 0.2) is 0 Å². The summed E-state index contributed by atoms with van der Waals surface area (Å²) in [5.41, 5.74) is 0. The molecule has 13 nitrogen and oxygen atoms in total. The molecule has 0 bridgehead atoms. The van der Waals surface area contributed by atoms with Crippen molar-refractivity contribution in [3.8, 4) is 0 Å². The van der Waals surface area contributed by atoms with E-state index in [1.165, 1.54) is 0 Å². The normalized spacial score (nSPS) is 9.54. The smallest absolute Gasteiger partial charge is 0.303 e. The van der Waals surface area contributed by atoms with Gasteiger partial charge in [-0.1, -0.05) is 0 Å². The number of hydrogen-bond donors (Lipinski definition) is 11. The average molecular weight is 394 g/mol. The number of aliphatic hydroxyl groups is 9. The highest BCUT2D eigenvalue weighted by Gasteiger charge is 2.00. The second-order valence-electron chi connectivity index (χ2n) is 4.34. The van der Waals surface area contributed by atoms with E-state index in [0.29, 0.717) is 0 Å². The van der Waals surface area contributed by atoms with Crippen molar-refractivity contribution in [1.82, 2.24) is 0 Å². The fraction of sp³-hybridized carbons (Fsp3) is 0.846. The van der Waals surface area contributed by atoms with Crippen molar-refractivity contribution in [3.63, 3.8) is 0 Å². The number of hydrogen-bond acceptors (Lipinski definition) is 11. The maximum Gasteiger partial charge on any atom is 0.303 e. The van der Waals surface area contributed by atoms with E-state index in [1.54, 1.807) is 0 Å². The third-order valence-electron chi connectivity index (χ3n) is 1.82. The molecule has 0 aliphatic heterocycles. The van der Waals surface area contributed by atoms with Gasteiger partial charge in [0.2, 0.25) is 0 Å². The predicted molar refractivity (Wildman–Crippen MR) is 85.0 cm³/mol. The molecular formula is C13H30O13. The molecular weight excluding hydrogens is 364 g/mol. The van der Waals surface area contributed by atoms with Gasteiger partial charge in [0.25, 0.3) is 0 Å². The van der Waals surface area contributed by atoms with Crippen molar-refractivity contribution >= 4 is 11.9 Å². The van der Waals surface area contributed by atoms with Gasteiger partial charge in [-0.3, -0.25) is 9.59 Å². The lowest BCUT2D eigenvalue weighted by molar-refractivity contribution is -0.143. The molecule has 0 aromatic heterocycles. The van der Waals surface area contributed by atoms with Crippen molar-refractivity contribution in [2.24, 2.45) is 0 Å². The molecule has 0 aromatic carbocycles. The molecule has 0 unspecified atom stereocenters. The molecule has 0 saturated heterocycles. The Bertz CT molecular complexity index is 250. The minimum Gasteiger partial charge on any atom is -0.481 e. The van der Waals surface area contributed by atoms with Gasteiger partial charge in [0.1, 0.15) is 18.3 Å². The first kappa shape index (κ1) is 32.3. The highest BCUT2D eigenvalue weighted by atomic mass is 16.4. The Kier molecular flexibility index (Phi) is 32.0. The predicted octanol–water partition coefficient (Wildman–Crippen LogP) is -5.07. The molecule has 0 amide bonds. The van der Waals surface area contributed by atoms with Gasteiger partial charge in [-0.05, 0) is 0 Å². The van der Waals surface area contributed by atoms with Crippen LogP contribution in [-0.2, 0) is 9.59 Å². The van der Waals surface area contributed by atoms with Crippen molar-refractivity contribution in [1.29, 1.82) is 0 Å². The number of rotatable bonds is 9. The van der Waals surface area contributed by atoms with E-state index in [2.05, 4.69) is 0 Å². The molecule has 0 radical (unpaired) electrons. The SMILES string of the molecule is O=C(O)CCC(=O)O.OCC(O)CO.OCC(O)CO.OCC(O)CO. The molecule has 0 spiro atoms. The minimum absolute atomic E-state index is 0.296. The second-order valence-corrected chi connectivity index (χ2v) is 4.34. The molecule has 0 atom stereocenters. The third-order valence-corrected chi connectivity index (χ3v) is 1.82. The standard InChI is InChI=1S/C4H6O4.3C3H8O3/c5-3(6)1-2-4(7)8;3*4-1-3(6)2-5/h1-2H2,(H,5,6)(H,7,8);3*3-6H,1-2H2. The molecule has 160 valence electrons. The molecule has 0 saturated carbocycles. The van der Waals surface area contributed by atoms with Crippen LogP contribution in [0.3, 0.4) is 0 Å². The molecule has 11 N–H and O–H groups in total. The lowest BCUT2D eigenvalue weighted by Gasteiger charge is -1.96. The van der Waals surface area contributed by atoms with E-state index >= 15 is 0 Å². The molecule has 0 heterocycles. The average Bonchev–Trinajstić information content (AvgIpc) is 2.65. The summed E-state index contributed by atoms with van der Waals surface area (Å²) in [6.07, 6.45) is -3.45. The number of carboxylic acids is 2. The summed E-state index contributed by atoms with van der Waals surface area (Å²) in [5, 5.41) is 87.8. The van der Waals surface area contributed by atoms with Crippen LogP contribution < -0.4 is 0 Å². The van der Waals surface area contributed by atoms with Crippen LogP contribution in [-0.4, -0.2) is 126 Å². The Morgan fingerprint density at radius 2 is 0.654 bits per heavy atom. The monoisotopic (exact) mass is 394 g/mol. The lowest BCUT2D eigenvalue weighted by Crippen LogP contribution is -2.15. The van der Waals surface area contributed by atoms with Gasteiger partial charge in [-0.2, -0.15) is 0 Å². The summed E-state index contributed by atoms with van der Waals surface area (Å²) in [4.78, 5) is 19.3. The highest BCUT2D eigenvalue weighted by molar-refractivity contribution is 5.75. The molecule has 0 fully saturated rings. The summed E-state index contributed by atoms with van der Waals surface area (Å²) in [6.45, 7) is -2.19. The number of carboxylic acid groups (broad SMARTS) is 2. The van der Waals surface area contributed by atoms with Crippen LogP contribution in [0.25, 0.3) is 0 Å². The first-order valence-electron chi connectivity index (χ1n) is 7.18. The number of aliphatic carboxylic acids is 2. The van der Waals surface area contributed by atoms with Crippen LogP contribution in [0.15, 0.2) is 0 Å². The van der Waals surface area contributed by atoms with E-state index in [0.717, 1.165) is 0 Å². The van der Waals surface area contributed by atoms with Crippen molar-refractivity contribution in [2.75, 3.05) is 39.6 Å². The lowest BCUT2D eigenvalue weighted by atomic mass is 10.3. The Labute approximate surface area is 149 Å². The van der Waals surface area contributed by atoms with Crippen LogP contribution in [0.4, 0.5) is 0 Å². The Hall–Kier alpha value is -1.42. The van der Waals surface area contributed by atoms with Gasteiger partial charge >= 0.3 is 11.9 Å². The summed E-state index contributed by atoms with van der Waals surface area (Å²) in [7, 11) is 0. The molecule has 26 heavy (non-hydrogen) atoms. The molecule has 0 aliphatic carbocycles. The first-order valence-corrected chi connectivity index (χ1v) is 7.18. The van der Waals surface area contributed by atoms with Crippen molar-refractivity contribution in [2.45, 2.75) is 31.2 Å². The van der Waals surface area contributed by atoms with Gasteiger partial charge < -0.3 is 56.2 Å². The molecule has 0 rings (SSSR count). The Morgan fingerprint density at radius 3 is 0.692 bits per heavy atom. The second kappa shape index (κ2) is 25.8. The van der Waals surface area contributed by atoms with Gasteiger partial charge in [0, 0.05) is 0 Å². The van der Waals surface area contributed by atoms with E-state index in [9.17, 15) is 9.59 Å². The maximum atomic E-state index is 9.64. The highest BCUT2D eigenvalue weighted by Crippen LogP contribution is 1.86. The quantitative estimate of drug-likeness (QED) is 0.175. The van der Waals surface area contributed by atoms with Crippen LogP contribution in [0, 0.1) is 0 Å². The van der Waals surface area contributed by atoms with Crippen LogP contribution >= 0.6 is 0 Å². The van der Waals surface area contributed by atoms with Crippen molar-refractivity contribution in [3.05, 3.63) is 0 Å². The zero-order valence-electron chi connectivity index (χ0n) is 14.1. The molecule has 0 aliphatic rings. The summed E-state index contributed by atoms with van der Waals surface area (Å²) < 4.78 is 0. The van der Waals surface area contributed by atoms with E-state index in [-0.39, 0.29) is 52.5 Å². The minimum atomic E-state index is -1.08. The summed E-state index contributed by atoms with van der Waals surface area (Å²) in [5.74, 6) is -2.15. The molecule has 13 heteroatoms.